The zero-order valence-electron chi connectivity index (χ0n) is 6.49. The van der Waals surface area contributed by atoms with E-state index >= 15 is 0 Å². The minimum atomic E-state index is -0.438. The molecule has 13 heavy (non-hydrogen) atoms. The van der Waals surface area contributed by atoms with Gasteiger partial charge in [0.05, 0.1) is 6.07 Å². The molecule has 0 aromatic carbocycles. The van der Waals surface area contributed by atoms with Crippen molar-refractivity contribution in [3.63, 3.8) is 0 Å². The lowest BCUT2D eigenvalue weighted by molar-refractivity contribution is 0.781. The molecule has 0 spiro atoms. The maximum absolute atomic E-state index is 11.3. The van der Waals surface area contributed by atoms with Gasteiger partial charge < -0.3 is 0 Å². The molecule has 1 rings (SSSR count). The fourth-order valence-electron chi connectivity index (χ4n) is 0.873. The molecule has 1 aromatic heterocycles. The zero-order chi connectivity index (χ0) is 9.84. The van der Waals surface area contributed by atoms with E-state index in [9.17, 15) is 4.79 Å². The maximum atomic E-state index is 11.3. The molecule has 0 atom stereocenters. The zero-order valence-corrected chi connectivity index (χ0v) is 8.08. The molecule has 1 heterocycles. The van der Waals surface area contributed by atoms with E-state index in [0.29, 0.717) is 4.47 Å². The van der Waals surface area contributed by atoms with Crippen LogP contribution in [0, 0.1) is 22.7 Å². The lowest BCUT2D eigenvalue weighted by Gasteiger charge is -2.00. The van der Waals surface area contributed by atoms with Gasteiger partial charge >= 0.3 is 0 Å². The average Bonchev–Trinajstić information content (AvgIpc) is 2.11. The Hall–Kier alpha value is -1.59. The minimum absolute atomic E-state index is 0.0321. The number of halogens is 1. The summed E-state index contributed by atoms with van der Waals surface area (Å²) in [6, 6.07) is 5.03. The second-order valence-electron chi connectivity index (χ2n) is 2.27. The molecule has 0 N–H and O–H groups in total. The van der Waals surface area contributed by atoms with Crippen LogP contribution < -0.4 is 5.56 Å². The van der Waals surface area contributed by atoms with E-state index in [4.69, 9.17) is 10.5 Å². The van der Waals surface area contributed by atoms with Crippen molar-refractivity contribution in [1.29, 1.82) is 10.5 Å². The van der Waals surface area contributed by atoms with Gasteiger partial charge in [-0.1, -0.05) is 0 Å². The van der Waals surface area contributed by atoms with Crippen LogP contribution in [0.3, 0.4) is 0 Å². The summed E-state index contributed by atoms with van der Waals surface area (Å²) in [5.74, 6) is 0. The SMILES string of the molecule is N#CCn1cc(Br)cc(C#N)c1=O. The highest BCUT2D eigenvalue weighted by molar-refractivity contribution is 9.10. The second kappa shape index (κ2) is 3.88. The summed E-state index contributed by atoms with van der Waals surface area (Å²) in [5, 5.41) is 17.0. The molecule has 0 amide bonds. The van der Waals surface area contributed by atoms with Crippen molar-refractivity contribution < 1.29 is 0 Å². The Balaban J connectivity index is 3.40. The van der Waals surface area contributed by atoms with Crippen LogP contribution in [0.1, 0.15) is 5.56 Å². The van der Waals surface area contributed by atoms with Crippen LogP contribution in [0.2, 0.25) is 0 Å². The van der Waals surface area contributed by atoms with Crippen LogP contribution in [0.25, 0.3) is 0 Å². The monoisotopic (exact) mass is 237 g/mol. The largest absolute Gasteiger partial charge is 0.299 e. The molecule has 0 bridgehead atoms. The predicted molar refractivity (Wildman–Crippen MR) is 48.7 cm³/mol. The van der Waals surface area contributed by atoms with Crippen molar-refractivity contribution in [2.75, 3.05) is 0 Å². The topological polar surface area (TPSA) is 69.6 Å². The van der Waals surface area contributed by atoms with Crippen molar-refractivity contribution in [1.82, 2.24) is 4.57 Å². The van der Waals surface area contributed by atoms with Gasteiger partial charge in [0, 0.05) is 10.7 Å². The highest BCUT2D eigenvalue weighted by atomic mass is 79.9. The Bertz CT molecular complexity index is 464. The molecule has 0 aliphatic carbocycles. The number of aromatic nitrogens is 1. The van der Waals surface area contributed by atoms with Crippen LogP contribution in [-0.2, 0) is 6.54 Å². The average molecular weight is 238 g/mol. The molecule has 4 nitrogen and oxygen atoms in total. The van der Waals surface area contributed by atoms with Gasteiger partial charge in [0.2, 0.25) is 0 Å². The predicted octanol–water partition coefficient (Wildman–Crippen LogP) is 1.01. The summed E-state index contributed by atoms with van der Waals surface area (Å²) < 4.78 is 1.79. The molecule has 0 radical (unpaired) electrons. The smallest absolute Gasteiger partial charge is 0.269 e. The van der Waals surface area contributed by atoms with Gasteiger partial charge in [0.1, 0.15) is 18.2 Å². The van der Waals surface area contributed by atoms with Crippen molar-refractivity contribution in [3.8, 4) is 12.1 Å². The molecule has 0 fully saturated rings. The summed E-state index contributed by atoms with van der Waals surface area (Å²) in [4.78, 5) is 11.3. The van der Waals surface area contributed by atoms with E-state index in [1.54, 1.807) is 6.07 Å². The molecular weight excluding hydrogens is 234 g/mol. The van der Waals surface area contributed by atoms with Gasteiger partial charge in [-0.05, 0) is 22.0 Å². The third kappa shape index (κ3) is 1.95. The Morgan fingerprint density at radius 1 is 1.54 bits per heavy atom. The van der Waals surface area contributed by atoms with Gasteiger partial charge in [-0.3, -0.25) is 9.36 Å². The minimum Gasteiger partial charge on any atom is -0.299 e. The van der Waals surface area contributed by atoms with Crippen molar-refractivity contribution in [2.24, 2.45) is 0 Å². The molecular formula is C8H4BrN3O. The third-order valence-corrected chi connectivity index (χ3v) is 1.85. The van der Waals surface area contributed by atoms with Crippen LogP contribution in [0.15, 0.2) is 21.5 Å². The van der Waals surface area contributed by atoms with Gasteiger partial charge in [-0.15, -0.1) is 0 Å². The van der Waals surface area contributed by atoms with E-state index in [2.05, 4.69) is 15.9 Å². The van der Waals surface area contributed by atoms with Crippen molar-refractivity contribution >= 4 is 15.9 Å². The highest BCUT2D eigenvalue weighted by Gasteiger charge is 2.03. The lowest BCUT2D eigenvalue weighted by Crippen LogP contribution is -2.21. The number of nitrogens with zero attached hydrogens (tertiary/aromatic N) is 3. The van der Waals surface area contributed by atoms with Crippen LogP contribution in [0.5, 0.6) is 0 Å². The first-order chi connectivity index (χ1) is 6.19. The number of hydrogen-bond acceptors (Lipinski definition) is 3. The Morgan fingerprint density at radius 2 is 2.23 bits per heavy atom. The first kappa shape index (κ1) is 9.50. The molecule has 0 unspecified atom stereocenters. The lowest BCUT2D eigenvalue weighted by atomic mass is 10.3. The third-order valence-electron chi connectivity index (χ3n) is 1.41. The van der Waals surface area contributed by atoms with Crippen LogP contribution in [-0.4, -0.2) is 4.57 Å². The normalized spacial score (nSPS) is 8.85. The van der Waals surface area contributed by atoms with Crippen molar-refractivity contribution in [3.05, 3.63) is 32.7 Å². The summed E-state index contributed by atoms with van der Waals surface area (Å²) >= 11 is 3.14. The number of nitriles is 2. The molecule has 64 valence electrons. The standard InChI is InChI=1S/C8H4BrN3O/c9-7-3-6(4-11)8(13)12(5-7)2-1-10/h3,5H,2H2. The van der Waals surface area contributed by atoms with Gasteiger partial charge in [0.15, 0.2) is 0 Å². The van der Waals surface area contributed by atoms with E-state index < -0.39 is 5.56 Å². The second-order valence-corrected chi connectivity index (χ2v) is 3.19. The van der Waals surface area contributed by atoms with Gasteiger partial charge in [0.25, 0.3) is 5.56 Å². The van der Waals surface area contributed by atoms with E-state index in [-0.39, 0.29) is 12.1 Å². The highest BCUT2D eigenvalue weighted by Crippen LogP contribution is 2.07. The molecule has 1 aromatic rings. The molecule has 0 saturated heterocycles. The number of pyridine rings is 1. The summed E-state index contributed by atoms with van der Waals surface area (Å²) in [7, 11) is 0. The van der Waals surface area contributed by atoms with E-state index in [0.717, 1.165) is 0 Å². The van der Waals surface area contributed by atoms with E-state index in [1.165, 1.54) is 16.8 Å². The summed E-state index contributed by atoms with van der Waals surface area (Å²) in [5.41, 5.74) is -0.406. The van der Waals surface area contributed by atoms with Crippen LogP contribution >= 0.6 is 15.9 Å². The fraction of sp³-hybridized carbons (Fsp3) is 0.125. The molecule has 0 saturated carbocycles. The Labute approximate surface area is 82.8 Å². The maximum Gasteiger partial charge on any atom is 0.269 e. The first-order valence-corrected chi connectivity index (χ1v) is 4.15. The quantitative estimate of drug-likeness (QED) is 0.732. The molecule has 0 aliphatic heterocycles. The van der Waals surface area contributed by atoms with Gasteiger partial charge in [-0.25, -0.2) is 0 Å². The fourth-order valence-corrected chi connectivity index (χ4v) is 1.35. The number of hydrogen-bond donors (Lipinski definition) is 0. The van der Waals surface area contributed by atoms with Gasteiger partial charge in [-0.2, -0.15) is 10.5 Å². The first-order valence-electron chi connectivity index (χ1n) is 3.36. The Morgan fingerprint density at radius 3 is 2.77 bits per heavy atom. The summed E-state index contributed by atoms with van der Waals surface area (Å²) in [6.45, 7) is -0.0487. The summed E-state index contributed by atoms with van der Waals surface area (Å²) in [6.07, 6.45) is 1.48. The molecule has 0 aliphatic rings. The number of rotatable bonds is 1. The Kier molecular flexibility index (Phi) is 2.84. The molecule has 5 heteroatoms. The van der Waals surface area contributed by atoms with E-state index in [1.807, 2.05) is 6.07 Å². The van der Waals surface area contributed by atoms with Crippen molar-refractivity contribution in [2.45, 2.75) is 6.54 Å². The van der Waals surface area contributed by atoms with Crippen LogP contribution in [0.4, 0.5) is 0 Å².